The summed E-state index contributed by atoms with van der Waals surface area (Å²) in [5.74, 6) is 6.10. The fraction of sp³-hybridized carbons (Fsp3) is 0.429. The first-order valence-corrected chi connectivity index (χ1v) is 10.3. The predicted octanol–water partition coefficient (Wildman–Crippen LogP) is 4.22. The Bertz CT molecular complexity index is 838. The lowest BCUT2D eigenvalue weighted by molar-refractivity contribution is -0.137. The second kappa shape index (κ2) is 9.76. The third-order valence-electron chi connectivity index (χ3n) is 5.34. The number of hydrazine groups is 1. The summed E-state index contributed by atoms with van der Waals surface area (Å²) in [5.41, 5.74) is 7.28. The van der Waals surface area contributed by atoms with Crippen LogP contribution in [0.25, 0.3) is 0 Å². The first-order valence-electron chi connectivity index (χ1n) is 9.96. The van der Waals surface area contributed by atoms with E-state index in [1.165, 1.54) is 12.1 Å². The summed E-state index contributed by atoms with van der Waals surface area (Å²) in [6.07, 6.45) is -2.45. The van der Waals surface area contributed by atoms with Crippen molar-refractivity contribution in [2.24, 2.45) is 5.84 Å². The standard InChI is InChI=1S/C21H27ClF3N5/c22-17-6-7-19(26)20(15-17)30(27)9-2-1-8-28-10-12-29(13-11-28)18-5-3-4-16(14-18)21(23,24)25/h3-7,14-15H,1-2,8-13,26-27H2. The first-order chi connectivity index (χ1) is 14.2. The minimum absolute atomic E-state index is 0.590. The summed E-state index contributed by atoms with van der Waals surface area (Å²) in [4.78, 5) is 4.34. The van der Waals surface area contributed by atoms with Crippen LogP contribution in [0.1, 0.15) is 18.4 Å². The van der Waals surface area contributed by atoms with Crippen molar-refractivity contribution in [3.8, 4) is 0 Å². The summed E-state index contributed by atoms with van der Waals surface area (Å²) in [6.45, 7) is 4.66. The van der Waals surface area contributed by atoms with E-state index in [0.717, 1.165) is 44.2 Å². The van der Waals surface area contributed by atoms with E-state index in [2.05, 4.69) is 4.90 Å². The fourth-order valence-electron chi connectivity index (χ4n) is 3.61. The summed E-state index contributed by atoms with van der Waals surface area (Å²) in [7, 11) is 0. The number of hydrogen-bond donors (Lipinski definition) is 2. The van der Waals surface area contributed by atoms with Gasteiger partial charge < -0.3 is 15.6 Å². The molecule has 1 fully saturated rings. The normalized spacial score (nSPS) is 15.4. The van der Waals surface area contributed by atoms with Gasteiger partial charge in [-0.05, 0) is 55.8 Å². The van der Waals surface area contributed by atoms with Gasteiger partial charge >= 0.3 is 6.18 Å². The van der Waals surface area contributed by atoms with Gasteiger partial charge in [-0.1, -0.05) is 17.7 Å². The minimum atomic E-state index is -4.32. The molecular formula is C21H27ClF3N5. The third kappa shape index (κ3) is 5.93. The lowest BCUT2D eigenvalue weighted by atomic mass is 10.1. The molecule has 0 aromatic heterocycles. The zero-order chi connectivity index (χ0) is 21.7. The van der Waals surface area contributed by atoms with Crippen molar-refractivity contribution in [3.63, 3.8) is 0 Å². The summed E-state index contributed by atoms with van der Waals surface area (Å²) in [6, 6.07) is 10.8. The van der Waals surface area contributed by atoms with E-state index in [1.807, 2.05) is 4.90 Å². The van der Waals surface area contributed by atoms with Gasteiger partial charge in [-0.2, -0.15) is 13.2 Å². The highest BCUT2D eigenvalue weighted by Crippen LogP contribution is 2.32. The molecule has 1 aliphatic heterocycles. The van der Waals surface area contributed by atoms with Crippen molar-refractivity contribution in [2.45, 2.75) is 19.0 Å². The molecule has 0 saturated carbocycles. The maximum Gasteiger partial charge on any atom is 0.416 e. The molecule has 0 bridgehead atoms. The summed E-state index contributed by atoms with van der Waals surface area (Å²) in [5, 5.41) is 2.21. The Hall–Kier alpha value is -2.16. The van der Waals surface area contributed by atoms with Crippen LogP contribution >= 0.6 is 11.6 Å². The molecule has 0 amide bonds. The van der Waals surface area contributed by atoms with Crippen LogP contribution in [0.15, 0.2) is 42.5 Å². The molecule has 30 heavy (non-hydrogen) atoms. The van der Waals surface area contributed by atoms with Crippen molar-refractivity contribution in [3.05, 3.63) is 53.1 Å². The molecule has 2 aromatic rings. The Morgan fingerprint density at radius 3 is 2.43 bits per heavy atom. The molecule has 0 atom stereocenters. The van der Waals surface area contributed by atoms with Crippen LogP contribution in [0.5, 0.6) is 0 Å². The van der Waals surface area contributed by atoms with Gasteiger partial charge in [0.25, 0.3) is 0 Å². The number of alkyl halides is 3. The van der Waals surface area contributed by atoms with E-state index in [0.29, 0.717) is 36.0 Å². The van der Waals surface area contributed by atoms with Gasteiger partial charge in [0.15, 0.2) is 0 Å². The van der Waals surface area contributed by atoms with Crippen LogP contribution in [-0.2, 0) is 6.18 Å². The molecule has 1 aliphatic rings. The zero-order valence-corrected chi connectivity index (χ0v) is 17.5. The lowest BCUT2D eigenvalue weighted by Crippen LogP contribution is -2.46. The molecule has 0 unspecified atom stereocenters. The fourth-order valence-corrected chi connectivity index (χ4v) is 3.78. The Morgan fingerprint density at radius 1 is 1.00 bits per heavy atom. The Labute approximate surface area is 179 Å². The highest BCUT2D eigenvalue weighted by Gasteiger charge is 2.31. The molecule has 0 radical (unpaired) electrons. The van der Waals surface area contributed by atoms with Crippen LogP contribution < -0.4 is 21.5 Å². The van der Waals surface area contributed by atoms with E-state index in [-0.39, 0.29) is 0 Å². The molecule has 1 heterocycles. The number of nitrogens with zero attached hydrogens (tertiary/aromatic N) is 3. The highest BCUT2D eigenvalue weighted by molar-refractivity contribution is 6.31. The van der Waals surface area contributed by atoms with Crippen molar-refractivity contribution < 1.29 is 13.2 Å². The van der Waals surface area contributed by atoms with Crippen LogP contribution in [-0.4, -0.2) is 44.2 Å². The lowest BCUT2D eigenvalue weighted by Gasteiger charge is -2.36. The molecule has 164 valence electrons. The topological polar surface area (TPSA) is 61.8 Å². The van der Waals surface area contributed by atoms with Crippen LogP contribution in [0.3, 0.4) is 0 Å². The Morgan fingerprint density at radius 2 is 1.73 bits per heavy atom. The molecule has 5 nitrogen and oxygen atoms in total. The quantitative estimate of drug-likeness (QED) is 0.291. The van der Waals surface area contributed by atoms with Gasteiger partial charge in [0, 0.05) is 43.4 Å². The van der Waals surface area contributed by atoms with Crippen molar-refractivity contribution in [1.29, 1.82) is 0 Å². The molecule has 0 aliphatic carbocycles. The maximum absolute atomic E-state index is 12.9. The number of rotatable bonds is 7. The van der Waals surface area contributed by atoms with Gasteiger partial charge in [-0.25, -0.2) is 5.84 Å². The number of hydrogen-bond acceptors (Lipinski definition) is 5. The molecule has 2 aromatic carbocycles. The summed E-state index contributed by atoms with van der Waals surface area (Å²) < 4.78 is 38.8. The van der Waals surface area contributed by atoms with Gasteiger partial charge in [0.1, 0.15) is 0 Å². The highest BCUT2D eigenvalue weighted by atomic mass is 35.5. The van der Waals surface area contributed by atoms with Crippen molar-refractivity contribution in [2.75, 3.05) is 54.9 Å². The van der Waals surface area contributed by atoms with E-state index >= 15 is 0 Å². The van der Waals surface area contributed by atoms with Crippen LogP contribution in [0.4, 0.5) is 30.2 Å². The van der Waals surface area contributed by atoms with E-state index < -0.39 is 11.7 Å². The van der Waals surface area contributed by atoms with Gasteiger partial charge in [-0.3, -0.25) is 4.90 Å². The smallest absolute Gasteiger partial charge is 0.397 e. The number of piperazine rings is 1. The zero-order valence-electron chi connectivity index (χ0n) is 16.7. The number of halogens is 4. The number of unbranched alkanes of at least 4 members (excludes halogenated alkanes) is 1. The Kier molecular flexibility index (Phi) is 7.33. The molecule has 9 heteroatoms. The number of anilines is 3. The second-order valence-corrected chi connectivity index (χ2v) is 7.92. The van der Waals surface area contributed by atoms with Crippen LogP contribution in [0, 0.1) is 0 Å². The average Bonchev–Trinajstić information content (AvgIpc) is 2.73. The monoisotopic (exact) mass is 441 g/mol. The number of nitrogen functional groups attached to an aromatic ring is 1. The Balaban J connectivity index is 1.41. The van der Waals surface area contributed by atoms with Gasteiger partial charge in [0.05, 0.1) is 16.9 Å². The van der Waals surface area contributed by atoms with E-state index in [9.17, 15) is 13.2 Å². The number of nitrogens with two attached hydrogens (primary N) is 2. The van der Waals surface area contributed by atoms with Crippen LogP contribution in [0.2, 0.25) is 5.02 Å². The average molecular weight is 442 g/mol. The predicted molar refractivity (Wildman–Crippen MR) is 117 cm³/mol. The molecule has 4 N–H and O–H groups in total. The molecule has 1 saturated heterocycles. The minimum Gasteiger partial charge on any atom is -0.397 e. The molecule has 3 rings (SSSR count). The van der Waals surface area contributed by atoms with Gasteiger partial charge in [-0.15, -0.1) is 0 Å². The summed E-state index contributed by atoms with van der Waals surface area (Å²) >= 11 is 6.01. The van der Waals surface area contributed by atoms with E-state index in [4.69, 9.17) is 23.2 Å². The van der Waals surface area contributed by atoms with E-state index in [1.54, 1.807) is 29.3 Å². The van der Waals surface area contributed by atoms with Crippen molar-refractivity contribution in [1.82, 2.24) is 4.90 Å². The third-order valence-corrected chi connectivity index (χ3v) is 5.57. The second-order valence-electron chi connectivity index (χ2n) is 7.48. The first kappa shape index (κ1) is 22.5. The molecule has 0 spiro atoms. The SMILES string of the molecule is Nc1ccc(Cl)cc1N(N)CCCCN1CCN(c2cccc(C(F)(F)F)c2)CC1. The van der Waals surface area contributed by atoms with Crippen molar-refractivity contribution >= 4 is 28.7 Å². The maximum atomic E-state index is 12.9. The largest absolute Gasteiger partial charge is 0.416 e. The number of benzene rings is 2. The molecular weight excluding hydrogens is 415 g/mol. The van der Waals surface area contributed by atoms with Gasteiger partial charge in [0.2, 0.25) is 0 Å².